The van der Waals surface area contributed by atoms with Gasteiger partial charge in [0.25, 0.3) is 10.0 Å². The van der Waals surface area contributed by atoms with Crippen LogP contribution in [0, 0.1) is 20.8 Å². The second kappa shape index (κ2) is 10.3. The number of carbonyl (C=O) groups is 1. The van der Waals surface area contributed by atoms with Gasteiger partial charge >= 0.3 is 0 Å². The number of anilines is 2. The number of nitrogens with zero attached hydrogens (tertiary/aromatic N) is 3. The highest BCUT2D eigenvalue weighted by atomic mass is 32.2. The summed E-state index contributed by atoms with van der Waals surface area (Å²) in [7, 11) is -3.98. The molecule has 0 unspecified atom stereocenters. The normalized spacial score (nSPS) is 11.2. The van der Waals surface area contributed by atoms with E-state index in [4.69, 9.17) is 0 Å². The first-order valence-corrected chi connectivity index (χ1v) is 13.0. The van der Waals surface area contributed by atoms with E-state index in [2.05, 4.69) is 22.1 Å². The minimum Gasteiger partial charge on any atom is -0.299 e. The molecule has 3 rings (SSSR count). The van der Waals surface area contributed by atoms with Crippen molar-refractivity contribution in [1.29, 1.82) is 0 Å². The van der Waals surface area contributed by atoms with Crippen molar-refractivity contribution in [3.05, 3.63) is 71.8 Å². The predicted octanol–water partition coefficient (Wildman–Crippen LogP) is 4.58. The third-order valence-corrected chi connectivity index (χ3v) is 8.46. The Morgan fingerprint density at radius 2 is 1.88 bits per heavy atom. The topological polar surface area (TPSA) is 92.3 Å². The van der Waals surface area contributed by atoms with Crippen LogP contribution in [0.15, 0.2) is 64.4 Å². The molecular formula is C22H24N4O3S3. The Morgan fingerprint density at radius 1 is 1.16 bits per heavy atom. The van der Waals surface area contributed by atoms with Crippen molar-refractivity contribution >= 4 is 49.8 Å². The van der Waals surface area contributed by atoms with Gasteiger partial charge in [-0.2, -0.15) is 0 Å². The summed E-state index contributed by atoms with van der Waals surface area (Å²) >= 11 is 2.68. The van der Waals surface area contributed by atoms with E-state index >= 15 is 0 Å². The standard InChI is InChI=1S/C22H24N4O3S3/c1-5-13-30-22-25-24-21(31-22)23-20(27)14-26(19-8-6-7-16(3)17(19)4)32(28,29)18-11-9-15(2)10-12-18/h5-12H,1,13-14H2,2-4H3,(H,23,24,27). The molecule has 0 aliphatic rings. The van der Waals surface area contributed by atoms with E-state index in [9.17, 15) is 13.2 Å². The number of aryl methyl sites for hydroxylation is 2. The number of hydrogen-bond acceptors (Lipinski definition) is 7. The van der Waals surface area contributed by atoms with Gasteiger partial charge in [0.05, 0.1) is 10.6 Å². The highest BCUT2D eigenvalue weighted by Crippen LogP contribution is 2.29. The minimum absolute atomic E-state index is 0.121. The van der Waals surface area contributed by atoms with Crippen LogP contribution in [-0.4, -0.2) is 36.8 Å². The number of sulfonamides is 1. The van der Waals surface area contributed by atoms with Crippen LogP contribution in [0.4, 0.5) is 10.8 Å². The number of thioether (sulfide) groups is 1. The highest BCUT2D eigenvalue weighted by Gasteiger charge is 2.29. The zero-order valence-electron chi connectivity index (χ0n) is 18.0. The molecule has 0 bridgehead atoms. The monoisotopic (exact) mass is 488 g/mol. The van der Waals surface area contributed by atoms with Gasteiger partial charge in [-0.1, -0.05) is 59.0 Å². The Morgan fingerprint density at radius 3 is 2.56 bits per heavy atom. The lowest BCUT2D eigenvalue weighted by Gasteiger charge is -2.26. The summed E-state index contributed by atoms with van der Waals surface area (Å²) in [5, 5.41) is 11.0. The Balaban J connectivity index is 1.91. The van der Waals surface area contributed by atoms with Crippen LogP contribution in [0.2, 0.25) is 0 Å². The fourth-order valence-electron chi connectivity index (χ4n) is 2.88. The molecule has 0 saturated carbocycles. The van der Waals surface area contributed by atoms with Crippen LogP contribution >= 0.6 is 23.1 Å². The summed E-state index contributed by atoms with van der Waals surface area (Å²) < 4.78 is 28.9. The maximum absolute atomic E-state index is 13.5. The van der Waals surface area contributed by atoms with Gasteiger partial charge in [-0.3, -0.25) is 14.4 Å². The summed E-state index contributed by atoms with van der Waals surface area (Å²) in [6.07, 6.45) is 1.75. The average Bonchev–Trinajstić information content (AvgIpc) is 3.20. The van der Waals surface area contributed by atoms with Gasteiger partial charge in [-0.15, -0.1) is 16.8 Å². The molecule has 0 radical (unpaired) electrons. The Bertz CT molecular complexity index is 1220. The molecule has 10 heteroatoms. The lowest BCUT2D eigenvalue weighted by Crippen LogP contribution is -2.38. The molecule has 1 heterocycles. The number of benzene rings is 2. The minimum atomic E-state index is -3.98. The molecule has 0 aliphatic carbocycles. The van der Waals surface area contributed by atoms with Crippen LogP contribution in [-0.2, 0) is 14.8 Å². The molecule has 0 atom stereocenters. The maximum Gasteiger partial charge on any atom is 0.264 e. The Labute approximate surface area is 196 Å². The van der Waals surface area contributed by atoms with Crippen molar-refractivity contribution in [2.24, 2.45) is 0 Å². The van der Waals surface area contributed by atoms with Crippen molar-refractivity contribution in [2.45, 2.75) is 30.0 Å². The molecule has 0 saturated heterocycles. The van der Waals surface area contributed by atoms with Gasteiger partial charge in [-0.25, -0.2) is 8.42 Å². The predicted molar refractivity (Wildman–Crippen MR) is 131 cm³/mol. The first kappa shape index (κ1) is 24.0. The fourth-order valence-corrected chi connectivity index (χ4v) is 5.89. The van der Waals surface area contributed by atoms with E-state index < -0.39 is 22.5 Å². The molecule has 0 spiro atoms. The summed E-state index contributed by atoms with van der Waals surface area (Å²) in [5.74, 6) is 0.177. The molecule has 1 N–H and O–H groups in total. The molecule has 1 amide bonds. The molecule has 168 valence electrons. The third-order valence-electron chi connectivity index (χ3n) is 4.72. The lowest BCUT2D eigenvalue weighted by molar-refractivity contribution is -0.114. The van der Waals surface area contributed by atoms with Gasteiger partial charge in [0.1, 0.15) is 6.54 Å². The molecule has 0 aliphatic heterocycles. The van der Waals surface area contributed by atoms with E-state index in [-0.39, 0.29) is 4.90 Å². The maximum atomic E-state index is 13.5. The average molecular weight is 489 g/mol. The highest BCUT2D eigenvalue weighted by molar-refractivity contribution is 8.01. The number of amides is 1. The molecular weight excluding hydrogens is 464 g/mol. The summed E-state index contributed by atoms with van der Waals surface area (Å²) in [6.45, 7) is 8.90. The van der Waals surface area contributed by atoms with Crippen molar-refractivity contribution in [3.8, 4) is 0 Å². The first-order valence-electron chi connectivity index (χ1n) is 9.75. The van der Waals surface area contributed by atoms with E-state index in [1.165, 1.54) is 23.1 Å². The molecule has 2 aromatic carbocycles. The smallest absolute Gasteiger partial charge is 0.264 e. The Hall–Kier alpha value is -2.69. The lowest BCUT2D eigenvalue weighted by atomic mass is 10.1. The second-order valence-corrected chi connectivity index (χ2v) is 11.2. The van der Waals surface area contributed by atoms with Gasteiger partial charge in [0, 0.05) is 5.75 Å². The summed E-state index contributed by atoms with van der Waals surface area (Å²) in [6, 6.07) is 12.0. The van der Waals surface area contributed by atoms with Crippen molar-refractivity contribution in [1.82, 2.24) is 10.2 Å². The fraction of sp³-hybridized carbons (Fsp3) is 0.227. The van der Waals surface area contributed by atoms with Crippen molar-refractivity contribution < 1.29 is 13.2 Å². The van der Waals surface area contributed by atoms with Crippen LogP contribution in [0.25, 0.3) is 0 Å². The molecule has 32 heavy (non-hydrogen) atoms. The van der Waals surface area contributed by atoms with Gasteiger partial charge in [-0.05, 0) is 50.1 Å². The van der Waals surface area contributed by atoms with Crippen molar-refractivity contribution in [3.63, 3.8) is 0 Å². The number of rotatable bonds is 9. The number of carbonyl (C=O) groups excluding carboxylic acids is 1. The second-order valence-electron chi connectivity index (χ2n) is 7.06. The SMILES string of the molecule is C=CCSc1nnc(NC(=O)CN(c2cccc(C)c2C)S(=O)(=O)c2ccc(C)cc2)s1. The van der Waals surface area contributed by atoms with Crippen LogP contribution in [0.1, 0.15) is 16.7 Å². The Kier molecular flexibility index (Phi) is 7.70. The summed E-state index contributed by atoms with van der Waals surface area (Å²) in [4.78, 5) is 13.0. The van der Waals surface area contributed by atoms with Gasteiger partial charge in [0.2, 0.25) is 11.0 Å². The van der Waals surface area contributed by atoms with Crippen LogP contribution in [0.3, 0.4) is 0 Å². The number of nitrogens with one attached hydrogen (secondary N) is 1. The zero-order valence-corrected chi connectivity index (χ0v) is 20.5. The van der Waals surface area contributed by atoms with Gasteiger partial charge < -0.3 is 0 Å². The van der Waals surface area contributed by atoms with E-state index in [1.807, 2.05) is 26.8 Å². The molecule has 0 fully saturated rings. The first-order chi connectivity index (χ1) is 15.2. The van der Waals surface area contributed by atoms with Crippen LogP contribution in [0.5, 0.6) is 0 Å². The number of aromatic nitrogens is 2. The van der Waals surface area contributed by atoms with E-state index in [0.717, 1.165) is 21.0 Å². The quantitative estimate of drug-likeness (QED) is 0.269. The van der Waals surface area contributed by atoms with Crippen LogP contribution < -0.4 is 9.62 Å². The molecule has 7 nitrogen and oxygen atoms in total. The van der Waals surface area contributed by atoms with Crippen molar-refractivity contribution in [2.75, 3.05) is 21.9 Å². The van der Waals surface area contributed by atoms with Gasteiger partial charge in [0.15, 0.2) is 4.34 Å². The van der Waals surface area contributed by atoms with E-state index in [0.29, 0.717) is 20.9 Å². The third kappa shape index (κ3) is 5.56. The number of hydrogen-bond donors (Lipinski definition) is 1. The zero-order chi connectivity index (χ0) is 23.3. The summed E-state index contributed by atoms with van der Waals surface area (Å²) in [5.41, 5.74) is 3.12. The van der Waals surface area contributed by atoms with E-state index in [1.54, 1.807) is 42.5 Å². The molecule has 3 aromatic rings. The molecule has 1 aromatic heterocycles. The largest absolute Gasteiger partial charge is 0.299 e.